The summed E-state index contributed by atoms with van der Waals surface area (Å²) in [4.78, 5) is 6.98. The number of alkyl halides is 3. The quantitative estimate of drug-likeness (QED) is 0.573. The van der Waals surface area contributed by atoms with Gasteiger partial charge in [0.15, 0.2) is 5.96 Å². The molecule has 1 aliphatic heterocycles. The summed E-state index contributed by atoms with van der Waals surface area (Å²) in [7, 11) is 0.522. The molecule has 2 unspecified atom stereocenters. The smallest absolute Gasteiger partial charge is 0.370 e. The van der Waals surface area contributed by atoms with Gasteiger partial charge in [-0.1, -0.05) is 30.3 Å². The lowest BCUT2D eigenvalue weighted by Crippen LogP contribution is -2.48. The van der Waals surface area contributed by atoms with E-state index in [1.165, 1.54) is 6.07 Å². The van der Waals surface area contributed by atoms with Crippen LogP contribution in [0.5, 0.6) is 0 Å². The van der Waals surface area contributed by atoms with Gasteiger partial charge in [0.2, 0.25) is 0 Å². The first kappa shape index (κ1) is 22.3. The highest BCUT2D eigenvalue weighted by Crippen LogP contribution is 2.32. The highest BCUT2D eigenvalue weighted by molar-refractivity contribution is 7.85. The first-order valence-electron chi connectivity index (χ1n) is 9.56. The van der Waals surface area contributed by atoms with Gasteiger partial charge in [0.25, 0.3) is 0 Å². The molecule has 5 nitrogen and oxygen atoms in total. The first-order chi connectivity index (χ1) is 14.4. The highest BCUT2D eigenvalue weighted by atomic mass is 32.2. The van der Waals surface area contributed by atoms with Crippen LogP contribution in [0.1, 0.15) is 17.2 Å². The topological polar surface area (TPSA) is 53.9 Å². The molecule has 2 aromatic rings. The summed E-state index contributed by atoms with van der Waals surface area (Å²) in [5.74, 6) is 1.03. The minimum absolute atomic E-state index is 0.373. The van der Waals surface area contributed by atoms with Crippen molar-refractivity contribution in [3.63, 3.8) is 0 Å². The Labute approximate surface area is 176 Å². The fraction of sp³-hybridized carbons (Fsp3) is 0.381. The second-order valence-electron chi connectivity index (χ2n) is 6.77. The van der Waals surface area contributed by atoms with Crippen LogP contribution in [0.3, 0.4) is 0 Å². The number of nitrogens with one attached hydrogen (secondary N) is 1. The molecule has 1 N–H and O–H groups in total. The van der Waals surface area contributed by atoms with Gasteiger partial charge in [0.05, 0.1) is 29.5 Å². The van der Waals surface area contributed by atoms with Crippen molar-refractivity contribution in [1.82, 2.24) is 10.2 Å². The summed E-state index contributed by atoms with van der Waals surface area (Å²) in [6.45, 7) is 1.77. The molecule has 2 atom stereocenters. The predicted molar refractivity (Wildman–Crippen MR) is 111 cm³/mol. The molecular weight excluding hydrogens is 415 g/mol. The van der Waals surface area contributed by atoms with Gasteiger partial charge in [-0.05, 0) is 29.8 Å². The van der Waals surface area contributed by atoms with Crippen molar-refractivity contribution >= 4 is 16.8 Å². The second-order valence-corrected chi connectivity index (χ2v) is 8.34. The monoisotopic (exact) mass is 439 g/mol. The number of ether oxygens (including phenoxy) is 1. The number of benzene rings is 2. The Morgan fingerprint density at radius 2 is 2.00 bits per heavy atom. The number of rotatable bonds is 5. The maximum atomic E-state index is 13.0. The summed E-state index contributed by atoms with van der Waals surface area (Å²) >= 11 is 0. The third-order valence-electron chi connectivity index (χ3n) is 4.74. The van der Waals surface area contributed by atoms with Gasteiger partial charge in [-0.2, -0.15) is 13.2 Å². The van der Waals surface area contributed by atoms with Crippen LogP contribution in [-0.2, 0) is 21.7 Å². The van der Waals surface area contributed by atoms with Crippen molar-refractivity contribution in [3.05, 3.63) is 65.7 Å². The molecule has 0 aromatic heterocycles. The summed E-state index contributed by atoms with van der Waals surface area (Å²) in [6, 6.07) is 14.4. The van der Waals surface area contributed by atoms with Crippen molar-refractivity contribution < 1.29 is 22.1 Å². The van der Waals surface area contributed by atoms with Crippen molar-refractivity contribution in [3.8, 4) is 0 Å². The molecule has 0 amide bonds. The minimum Gasteiger partial charge on any atom is -0.370 e. The van der Waals surface area contributed by atoms with Crippen LogP contribution in [0.4, 0.5) is 13.2 Å². The molecule has 0 radical (unpaired) electrons. The number of halogens is 3. The molecule has 0 spiro atoms. The Morgan fingerprint density at radius 3 is 2.70 bits per heavy atom. The molecule has 162 valence electrons. The highest BCUT2D eigenvalue weighted by Gasteiger charge is 2.32. The number of hydrogen-bond donors (Lipinski definition) is 1. The minimum atomic E-state index is -4.39. The van der Waals surface area contributed by atoms with Crippen LogP contribution in [0.25, 0.3) is 0 Å². The average Bonchev–Trinajstić information content (AvgIpc) is 2.77. The Balaban J connectivity index is 1.59. The van der Waals surface area contributed by atoms with Crippen LogP contribution in [0, 0.1) is 0 Å². The third kappa shape index (κ3) is 5.82. The van der Waals surface area contributed by atoms with Gasteiger partial charge in [0.1, 0.15) is 6.10 Å². The van der Waals surface area contributed by atoms with Crippen molar-refractivity contribution in [2.24, 2.45) is 4.99 Å². The molecule has 0 bridgehead atoms. The van der Waals surface area contributed by atoms with E-state index in [1.807, 2.05) is 35.2 Å². The van der Waals surface area contributed by atoms with Crippen LogP contribution in [-0.4, -0.2) is 54.1 Å². The van der Waals surface area contributed by atoms with E-state index in [2.05, 4.69) is 10.3 Å². The fourth-order valence-electron chi connectivity index (χ4n) is 3.24. The molecule has 1 aliphatic rings. The zero-order valence-corrected chi connectivity index (χ0v) is 17.4. The Morgan fingerprint density at radius 1 is 1.23 bits per heavy atom. The lowest BCUT2D eigenvalue weighted by molar-refractivity contribution is -0.137. The van der Waals surface area contributed by atoms with Crippen LogP contribution >= 0.6 is 0 Å². The van der Waals surface area contributed by atoms with Crippen molar-refractivity contribution in [2.45, 2.75) is 17.2 Å². The van der Waals surface area contributed by atoms with Crippen LogP contribution in [0.15, 0.2) is 64.5 Å². The summed E-state index contributed by atoms with van der Waals surface area (Å²) < 4.78 is 57.1. The molecule has 2 aromatic carbocycles. The van der Waals surface area contributed by atoms with Crippen molar-refractivity contribution in [1.29, 1.82) is 0 Å². The van der Waals surface area contributed by atoms with Crippen molar-refractivity contribution in [2.75, 3.05) is 39.0 Å². The Hall–Kier alpha value is -2.39. The van der Waals surface area contributed by atoms with Gasteiger partial charge in [0, 0.05) is 30.8 Å². The number of nitrogens with zero attached hydrogens (tertiary/aromatic N) is 2. The van der Waals surface area contributed by atoms with Gasteiger partial charge >= 0.3 is 6.18 Å². The summed E-state index contributed by atoms with van der Waals surface area (Å²) in [6.07, 6.45) is -4.88. The number of aliphatic imine (C=N–C) groups is 1. The maximum Gasteiger partial charge on any atom is 0.416 e. The summed E-state index contributed by atoms with van der Waals surface area (Å²) in [5, 5.41) is 3.19. The molecule has 3 rings (SSSR count). The molecular formula is C21H24F3N3O2S. The molecule has 1 heterocycles. The number of morpholine rings is 1. The molecule has 30 heavy (non-hydrogen) atoms. The van der Waals surface area contributed by atoms with E-state index in [1.54, 1.807) is 13.1 Å². The average molecular weight is 440 g/mol. The molecule has 1 fully saturated rings. The maximum absolute atomic E-state index is 13.0. The number of guanidine groups is 1. The molecule has 0 aliphatic carbocycles. The molecule has 9 heteroatoms. The van der Waals surface area contributed by atoms with E-state index in [9.17, 15) is 17.4 Å². The Bertz CT molecular complexity index is 891. The van der Waals surface area contributed by atoms with Crippen LogP contribution < -0.4 is 5.32 Å². The van der Waals surface area contributed by atoms with E-state index >= 15 is 0 Å². The zero-order valence-electron chi connectivity index (χ0n) is 16.6. The van der Waals surface area contributed by atoms with E-state index in [-0.39, 0.29) is 0 Å². The predicted octanol–water partition coefficient (Wildman–Crippen LogP) is 3.46. The van der Waals surface area contributed by atoms with Crippen LogP contribution in [0.2, 0.25) is 0 Å². The third-order valence-corrected chi connectivity index (χ3v) is 6.11. The SMILES string of the molecule is CN=C(NCCS(=O)c1ccccc1)N1CCOC(c2cccc(C(F)(F)F)c2)C1. The largest absolute Gasteiger partial charge is 0.416 e. The summed E-state index contributed by atoms with van der Waals surface area (Å²) in [5.41, 5.74) is -0.207. The normalized spacial score (nSPS) is 18.9. The first-order valence-corrected chi connectivity index (χ1v) is 10.9. The Kier molecular flexibility index (Phi) is 7.49. The second kappa shape index (κ2) is 10.1. The van der Waals surface area contributed by atoms with Gasteiger partial charge in [-0.25, -0.2) is 0 Å². The van der Waals surface area contributed by atoms with Gasteiger partial charge in [-0.3, -0.25) is 9.20 Å². The van der Waals surface area contributed by atoms with Gasteiger partial charge < -0.3 is 15.0 Å². The van der Waals surface area contributed by atoms with E-state index in [4.69, 9.17) is 4.74 Å². The number of hydrogen-bond acceptors (Lipinski definition) is 3. The molecule has 0 saturated carbocycles. The van der Waals surface area contributed by atoms with E-state index in [0.29, 0.717) is 43.5 Å². The zero-order chi connectivity index (χ0) is 21.6. The standard InChI is InChI=1S/C21H24F3N3O2S/c1-25-20(26-10-13-30(28)18-8-3-2-4-9-18)27-11-12-29-19(15-27)16-6-5-7-17(14-16)21(22,23)24/h2-9,14,19H,10-13,15H2,1H3,(H,25,26). The lowest BCUT2D eigenvalue weighted by atomic mass is 10.0. The van der Waals surface area contributed by atoms with E-state index in [0.717, 1.165) is 17.0 Å². The fourth-order valence-corrected chi connectivity index (χ4v) is 4.22. The molecule has 1 saturated heterocycles. The van der Waals surface area contributed by atoms with Gasteiger partial charge in [-0.15, -0.1) is 0 Å². The van der Waals surface area contributed by atoms with E-state index < -0.39 is 28.6 Å². The lowest BCUT2D eigenvalue weighted by Gasteiger charge is -2.35.